The van der Waals surface area contributed by atoms with Crippen molar-refractivity contribution in [3.63, 3.8) is 0 Å². The monoisotopic (exact) mass is 431 g/mol. The Hall–Kier alpha value is -2.83. The van der Waals surface area contributed by atoms with E-state index in [2.05, 4.69) is 16.0 Å². The highest BCUT2D eigenvalue weighted by molar-refractivity contribution is 5.96. The van der Waals surface area contributed by atoms with Crippen LogP contribution in [-0.2, 0) is 5.41 Å². The van der Waals surface area contributed by atoms with Crippen molar-refractivity contribution in [1.82, 2.24) is 14.8 Å². The largest absolute Gasteiger partial charge is 0.497 e. The van der Waals surface area contributed by atoms with Crippen LogP contribution in [0.1, 0.15) is 40.5 Å². The van der Waals surface area contributed by atoms with E-state index < -0.39 is 0 Å². The predicted molar refractivity (Wildman–Crippen MR) is 123 cm³/mol. The van der Waals surface area contributed by atoms with Crippen molar-refractivity contribution in [2.75, 3.05) is 39.9 Å². The van der Waals surface area contributed by atoms with Gasteiger partial charge in [0.25, 0.3) is 5.91 Å². The Morgan fingerprint density at radius 1 is 1.16 bits per heavy atom. The average Bonchev–Trinajstić information content (AvgIpc) is 3.53. The molecule has 32 heavy (non-hydrogen) atoms. The highest BCUT2D eigenvalue weighted by Gasteiger charge is 2.54. The van der Waals surface area contributed by atoms with Crippen LogP contribution in [0.2, 0.25) is 0 Å². The molecule has 6 rings (SSSR count). The summed E-state index contributed by atoms with van der Waals surface area (Å²) in [4.78, 5) is 21.1. The van der Waals surface area contributed by atoms with Crippen molar-refractivity contribution < 1.29 is 14.6 Å². The molecule has 2 fully saturated rings. The van der Waals surface area contributed by atoms with E-state index in [1.54, 1.807) is 7.11 Å². The molecule has 2 aromatic carbocycles. The van der Waals surface area contributed by atoms with Crippen molar-refractivity contribution in [2.45, 2.75) is 24.3 Å². The number of aliphatic hydroxyl groups excluding tert-OH is 1. The minimum absolute atomic E-state index is 0.0338. The molecule has 1 aliphatic carbocycles. The van der Waals surface area contributed by atoms with Crippen LogP contribution in [0.3, 0.4) is 0 Å². The first-order valence-electron chi connectivity index (χ1n) is 11.5. The Labute approximate surface area is 187 Å². The number of nitrogens with zero attached hydrogens (tertiary/aromatic N) is 2. The maximum atomic E-state index is 13.1. The molecule has 1 saturated heterocycles. The molecule has 1 amide bonds. The molecule has 2 aliphatic heterocycles. The van der Waals surface area contributed by atoms with Gasteiger partial charge in [0, 0.05) is 59.8 Å². The summed E-state index contributed by atoms with van der Waals surface area (Å²) < 4.78 is 5.45. The third-order valence-corrected chi connectivity index (χ3v) is 7.50. The molecule has 1 spiro atoms. The molecule has 6 nitrogen and oxygen atoms in total. The number of ether oxygens (including phenoxy) is 1. The summed E-state index contributed by atoms with van der Waals surface area (Å²) in [7, 11) is 1.68. The topological polar surface area (TPSA) is 68.8 Å². The van der Waals surface area contributed by atoms with Crippen LogP contribution < -0.4 is 4.74 Å². The third kappa shape index (κ3) is 3.05. The average molecular weight is 432 g/mol. The number of benzene rings is 2. The molecule has 0 bridgehead atoms. The number of likely N-dealkylation sites (tertiary alicyclic amines) is 1. The number of aromatic nitrogens is 1. The van der Waals surface area contributed by atoms with Gasteiger partial charge in [0.1, 0.15) is 5.75 Å². The van der Waals surface area contributed by atoms with Gasteiger partial charge < -0.3 is 19.7 Å². The molecular formula is C26H29N3O3. The van der Waals surface area contributed by atoms with Gasteiger partial charge in [0.2, 0.25) is 0 Å². The highest BCUT2D eigenvalue weighted by Crippen LogP contribution is 2.49. The number of fused-ring (bicyclic) bond motifs is 4. The Kier molecular flexibility index (Phi) is 4.56. The summed E-state index contributed by atoms with van der Waals surface area (Å²) in [6.45, 7) is 3.38. The van der Waals surface area contributed by atoms with Gasteiger partial charge in [-0.3, -0.25) is 9.69 Å². The summed E-state index contributed by atoms with van der Waals surface area (Å²) >= 11 is 0. The molecule has 1 saturated carbocycles. The zero-order valence-corrected chi connectivity index (χ0v) is 18.4. The Morgan fingerprint density at radius 2 is 1.94 bits per heavy atom. The van der Waals surface area contributed by atoms with Gasteiger partial charge >= 0.3 is 0 Å². The van der Waals surface area contributed by atoms with Gasteiger partial charge in [-0.2, -0.15) is 0 Å². The molecule has 1 aromatic heterocycles. The Bertz CT molecular complexity index is 1160. The van der Waals surface area contributed by atoms with Gasteiger partial charge in [-0.25, -0.2) is 0 Å². The SMILES string of the molecule is COc1ccc2c3c([nH]c2c1)[C@@H](CO)N(CC1CC1)CC31CN(C(=O)c2ccccc2)C1. The van der Waals surface area contributed by atoms with Crippen molar-refractivity contribution in [3.8, 4) is 5.75 Å². The molecule has 3 aromatic rings. The van der Waals surface area contributed by atoms with Gasteiger partial charge in [0.05, 0.1) is 19.8 Å². The lowest BCUT2D eigenvalue weighted by Gasteiger charge is -2.56. The zero-order chi connectivity index (χ0) is 21.9. The summed E-state index contributed by atoms with van der Waals surface area (Å²) in [6.07, 6.45) is 2.55. The highest BCUT2D eigenvalue weighted by atomic mass is 16.5. The summed E-state index contributed by atoms with van der Waals surface area (Å²) in [5.41, 5.74) is 4.04. The number of hydrogen-bond acceptors (Lipinski definition) is 4. The number of carbonyl (C=O) groups is 1. The molecular weight excluding hydrogens is 402 g/mol. The van der Waals surface area contributed by atoms with Gasteiger partial charge in [-0.1, -0.05) is 18.2 Å². The molecule has 2 N–H and O–H groups in total. The van der Waals surface area contributed by atoms with E-state index in [4.69, 9.17) is 4.74 Å². The molecule has 3 heterocycles. The minimum atomic E-state index is -0.118. The first-order valence-corrected chi connectivity index (χ1v) is 11.5. The quantitative estimate of drug-likeness (QED) is 0.650. The van der Waals surface area contributed by atoms with Crippen LogP contribution in [0.25, 0.3) is 10.9 Å². The molecule has 166 valence electrons. The fourth-order valence-corrected chi connectivity index (χ4v) is 5.79. The van der Waals surface area contributed by atoms with E-state index in [0.29, 0.717) is 13.1 Å². The standard InChI is InChI=1S/C26H29N3O3/c1-32-19-9-10-20-21(11-19)27-24-22(13-30)28(12-17-7-8-17)14-26(23(20)24)15-29(16-26)25(31)18-5-3-2-4-6-18/h2-6,9-11,17,22,27,30H,7-8,12-16H2,1H3/t22-/m1/s1. The molecule has 1 atom stereocenters. The van der Waals surface area contributed by atoms with Gasteiger partial charge in [-0.05, 0) is 48.6 Å². The second kappa shape index (κ2) is 7.36. The predicted octanol–water partition coefficient (Wildman–Crippen LogP) is 3.33. The van der Waals surface area contributed by atoms with E-state index >= 15 is 0 Å². The summed E-state index contributed by atoms with van der Waals surface area (Å²) in [6, 6.07) is 15.7. The number of aromatic amines is 1. The number of nitrogens with one attached hydrogen (secondary N) is 1. The first kappa shape index (κ1) is 19.8. The number of aliphatic hydroxyl groups is 1. The summed E-state index contributed by atoms with van der Waals surface area (Å²) in [5.74, 6) is 1.64. The van der Waals surface area contributed by atoms with E-state index in [9.17, 15) is 9.90 Å². The maximum Gasteiger partial charge on any atom is 0.253 e. The number of amides is 1. The number of methoxy groups -OCH3 is 1. The molecule has 0 unspecified atom stereocenters. The van der Waals surface area contributed by atoms with Crippen molar-refractivity contribution >= 4 is 16.8 Å². The second-order valence-electron chi connectivity index (χ2n) is 9.70. The smallest absolute Gasteiger partial charge is 0.253 e. The normalized spacial score (nSPS) is 22.1. The number of rotatable bonds is 5. The van der Waals surface area contributed by atoms with Crippen LogP contribution in [0.4, 0.5) is 0 Å². The maximum absolute atomic E-state index is 13.1. The number of H-pyrrole nitrogens is 1. The summed E-state index contributed by atoms with van der Waals surface area (Å²) in [5, 5.41) is 11.5. The zero-order valence-electron chi connectivity index (χ0n) is 18.4. The lowest BCUT2D eigenvalue weighted by atomic mass is 9.68. The van der Waals surface area contributed by atoms with Crippen molar-refractivity contribution in [3.05, 3.63) is 65.4 Å². The van der Waals surface area contributed by atoms with Crippen LogP contribution in [0.5, 0.6) is 5.75 Å². The van der Waals surface area contributed by atoms with E-state index in [1.807, 2.05) is 47.4 Å². The lowest BCUT2D eigenvalue weighted by Crippen LogP contribution is -2.67. The number of hydrogen-bond donors (Lipinski definition) is 2. The minimum Gasteiger partial charge on any atom is -0.497 e. The van der Waals surface area contributed by atoms with Crippen LogP contribution in [-0.4, -0.2) is 65.7 Å². The molecule has 0 radical (unpaired) electrons. The Balaban J connectivity index is 1.40. The Morgan fingerprint density at radius 3 is 2.62 bits per heavy atom. The third-order valence-electron chi connectivity index (χ3n) is 7.50. The van der Waals surface area contributed by atoms with Gasteiger partial charge in [-0.15, -0.1) is 0 Å². The first-order chi connectivity index (χ1) is 15.6. The van der Waals surface area contributed by atoms with E-state index in [0.717, 1.165) is 41.5 Å². The van der Waals surface area contributed by atoms with Crippen LogP contribution >= 0.6 is 0 Å². The van der Waals surface area contributed by atoms with Crippen LogP contribution in [0.15, 0.2) is 48.5 Å². The van der Waals surface area contributed by atoms with Gasteiger partial charge in [0.15, 0.2) is 0 Å². The van der Waals surface area contributed by atoms with Crippen molar-refractivity contribution in [2.24, 2.45) is 5.92 Å². The fourth-order valence-electron chi connectivity index (χ4n) is 5.79. The van der Waals surface area contributed by atoms with Crippen molar-refractivity contribution in [1.29, 1.82) is 0 Å². The molecule has 6 heteroatoms. The second-order valence-corrected chi connectivity index (χ2v) is 9.70. The number of carbonyl (C=O) groups excluding carboxylic acids is 1. The lowest BCUT2D eigenvalue weighted by molar-refractivity contribution is -0.00131. The molecule has 3 aliphatic rings. The fraction of sp³-hybridized carbons (Fsp3) is 0.423. The van der Waals surface area contributed by atoms with E-state index in [-0.39, 0.29) is 24.0 Å². The van der Waals surface area contributed by atoms with Crippen LogP contribution in [0, 0.1) is 5.92 Å². The van der Waals surface area contributed by atoms with E-state index in [1.165, 1.54) is 23.8 Å².